The van der Waals surface area contributed by atoms with Crippen LogP contribution in [0, 0.1) is 5.92 Å². The van der Waals surface area contributed by atoms with Crippen LogP contribution in [0.25, 0.3) is 5.69 Å². The summed E-state index contributed by atoms with van der Waals surface area (Å²) in [7, 11) is 0. The number of allylic oxidation sites excluding steroid dienone is 2. The molecule has 0 saturated heterocycles. The number of hydrogen-bond acceptors (Lipinski definition) is 3. The van der Waals surface area contributed by atoms with E-state index in [1.165, 1.54) is 0 Å². The predicted molar refractivity (Wildman–Crippen MR) is 88.0 cm³/mol. The number of nitrogens with zero attached hydrogens (tertiary/aromatic N) is 2. The molecule has 1 aliphatic rings. The van der Waals surface area contributed by atoms with Crippen LogP contribution in [0.5, 0.6) is 0 Å². The van der Waals surface area contributed by atoms with E-state index in [1.807, 2.05) is 36.5 Å². The number of aliphatic hydroxyl groups excluding tert-OH is 1. The molecule has 5 heteroatoms. The minimum atomic E-state index is -0.704. The van der Waals surface area contributed by atoms with Gasteiger partial charge in [-0.1, -0.05) is 24.3 Å². The zero-order valence-electron chi connectivity index (χ0n) is 12.9. The van der Waals surface area contributed by atoms with Crippen molar-refractivity contribution in [1.29, 1.82) is 0 Å². The third kappa shape index (κ3) is 3.87. The molecule has 0 bridgehead atoms. The van der Waals surface area contributed by atoms with Gasteiger partial charge < -0.3 is 10.4 Å². The summed E-state index contributed by atoms with van der Waals surface area (Å²) in [5, 5.41) is 17.3. The predicted octanol–water partition coefficient (Wildman–Crippen LogP) is 2.38. The van der Waals surface area contributed by atoms with Crippen LogP contribution < -0.4 is 5.32 Å². The molecule has 2 atom stereocenters. The first-order chi connectivity index (χ1) is 11.2. The number of aliphatic hydroxyl groups is 1. The topological polar surface area (TPSA) is 67.2 Å². The largest absolute Gasteiger partial charge is 0.387 e. The van der Waals surface area contributed by atoms with Crippen LogP contribution in [0.3, 0.4) is 0 Å². The number of rotatable bonds is 5. The third-order valence-electron chi connectivity index (χ3n) is 4.16. The van der Waals surface area contributed by atoms with Gasteiger partial charge >= 0.3 is 0 Å². The summed E-state index contributed by atoms with van der Waals surface area (Å²) in [5.41, 5.74) is 1.72. The van der Waals surface area contributed by atoms with E-state index in [9.17, 15) is 9.90 Å². The highest BCUT2D eigenvalue weighted by Crippen LogP contribution is 2.19. The zero-order chi connectivity index (χ0) is 16.1. The number of carbonyl (C=O) groups is 1. The van der Waals surface area contributed by atoms with E-state index >= 15 is 0 Å². The minimum absolute atomic E-state index is 0.0292. The van der Waals surface area contributed by atoms with E-state index in [2.05, 4.69) is 22.6 Å². The summed E-state index contributed by atoms with van der Waals surface area (Å²) >= 11 is 0. The number of nitrogens with one attached hydrogen (secondary N) is 1. The molecule has 1 aliphatic carbocycles. The van der Waals surface area contributed by atoms with Crippen LogP contribution in [-0.4, -0.2) is 27.3 Å². The van der Waals surface area contributed by atoms with Crippen molar-refractivity contribution in [3.63, 3.8) is 0 Å². The molecule has 0 saturated carbocycles. The van der Waals surface area contributed by atoms with Gasteiger partial charge in [0.25, 0.3) is 0 Å². The fraction of sp³-hybridized carbons (Fsp3) is 0.333. The number of aromatic nitrogens is 2. The quantitative estimate of drug-likeness (QED) is 0.833. The maximum atomic E-state index is 12.1. The van der Waals surface area contributed by atoms with Crippen LogP contribution in [0.4, 0.5) is 0 Å². The Morgan fingerprint density at radius 3 is 2.83 bits per heavy atom. The third-order valence-corrected chi connectivity index (χ3v) is 4.16. The summed E-state index contributed by atoms with van der Waals surface area (Å²) in [6.45, 7) is 0.236. The first-order valence-electron chi connectivity index (χ1n) is 7.95. The molecule has 0 fully saturated rings. The van der Waals surface area contributed by atoms with E-state index in [-0.39, 0.29) is 18.4 Å². The molecule has 0 aliphatic heterocycles. The van der Waals surface area contributed by atoms with E-state index < -0.39 is 6.10 Å². The van der Waals surface area contributed by atoms with Gasteiger partial charge in [-0.3, -0.25) is 4.79 Å². The number of amides is 1. The van der Waals surface area contributed by atoms with Crippen LogP contribution in [-0.2, 0) is 4.79 Å². The zero-order valence-corrected chi connectivity index (χ0v) is 12.9. The van der Waals surface area contributed by atoms with E-state index in [1.54, 1.807) is 10.9 Å². The normalized spacial score (nSPS) is 18.6. The first-order valence-corrected chi connectivity index (χ1v) is 7.95. The Hall–Kier alpha value is -2.40. The van der Waals surface area contributed by atoms with Crippen molar-refractivity contribution in [3.05, 3.63) is 60.4 Å². The molecular formula is C18H21N3O2. The maximum absolute atomic E-state index is 12.1. The van der Waals surface area contributed by atoms with Crippen LogP contribution in [0.2, 0.25) is 0 Å². The van der Waals surface area contributed by atoms with Crippen molar-refractivity contribution >= 4 is 5.91 Å². The van der Waals surface area contributed by atoms with Crippen molar-refractivity contribution in [2.24, 2.45) is 5.92 Å². The van der Waals surface area contributed by atoms with Gasteiger partial charge in [-0.2, -0.15) is 5.10 Å². The van der Waals surface area contributed by atoms with Gasteiger partial charge in [-0.05, 0) is 43.0 Å². The summed E-state index contributed by atoms with van der Waals surface area (Å²) in [4.78, 5) is 12.1. The van der Waals surface area contributed by atoms with Crippen molar-refractivity contribution < 1.29 is 9.90 Å². The average molecular weight is 311 g/mol. The average Bonchev–Trinajstić information content (AvgIpc) is 3.15. The van der Waals surface area contributed by atoms with Crippen LogP contribution in [0.15, 0.2) is 54.9 Å². The summed E-state index contributed by atoms with van der Waals surface area (Å²) in [6.07, 6.45) is 9.68. The highest BCUT2D eigenvalue weighted by molar-refractivity contribution is 5.79. The number of carbonyl (C=O) groups excluding carboxylic acids is 1. The number of benzene rings is 1. The van der Waals surface area contributed by atoms with E-state index in [4.69, 9.17) is 0 Å². The molecule has 120 valence electrons. The Bertz CT molecular complexity index is 662. The van der Waals surface area contributed by atoms with Gasteiger partial charge in [0.1, 0.15) is 0 Å². The second-order valence-corrected chi connectivity index (χ2v) is 5.78. The summed E-state index contributed by atoms with van der Waals surface area (Å²) in [6, 6.07) is 9.38. The SMILES string of the molecule is O=C(NCC(O)c1ccc(-n2cccn2)cc1)C1CC=CCC1. The standard InChI is InChI=1S/C18H21N3O2/c22-17(13-19-18(23)15-5-2-1-3-6-15)14-7-9-16(10-8-14)21-12-4-11-20-21/h1-2,4,7-12,15,17,22H,3,5-6,13H2,(H,19,23). The number of hydrogen-bond donors (Lipinski definition) is 2. The van der Waals surface area contributed by atoms with Crippen molar-refractivity contribution in [2.45, 2.75) is 25.4 Å². The van der Waals surface area contributed by atoms with Gasteiger partial charge in [0.05, 0.1) is 11.8 Å². The highest BCUT2D eigenvalue weighted by Gasteiger charge is 2.19. The summed E-state index contributed by atoms with van der Waals surface area (Å²) < 4.78 is 1.76. The Morgan fingerprint density at radius 2 is 2.17 bits per heavy atom. The maximum Gasteiger partial charge on any atom is 0.223 e. The molecule has 5 nitrogen and oxygen atoms in total. The minimum Gasteiger partial charge on any atom is -0.387 e. The van der Waals surface area contributed by atoms with E-state index in [0.29, 0.717) is 0 Å². The smallest absolute Gasteiger partial charge is 0.223 e. The lowest BCUT2D eigenvalue weighted by Crippen LogP contribution is -2.34. The lowest BCUT2D eigenvalue weighted by Gasteiger charge is -2.19. The van der Waals surface area contributed by atoms with Gasteiger partial charge in [0.2, 0.25) is 5.91 Å². The lowest BCUT2D eigenvalue weighted by atomic mass is 9.93. The fourth-order valence-electron chi connectivity index (χ4n) is 2.76. The van der Waals surface area contributed by atoms with Crippen LogP contribution in [0.1, 0.15) is 30.9 Å². The van der Waals surface area contributed by atoms with Gasteiger partial charge in [-0.25, -0.2) is 4.68 Å². The first kappa shape index (κ1) is 15.5. The van der Waals surface area contributed by atoms with Gasteiger partial charge in [0, 0.05) is 24.9 Å². The molecule has 23 heavy (non-hydrogen) atoms. The fourth-order valence-corrected chi connectivity index (χ4v) is 2.76. The molecule has 3 rings (SSSR count). The molecule has 2 N–H and O–H groups in total. The molecule has 1 heterocycles. The Balaban J connectivity index is 1.54. The molecule has 1 aromatic heterocycles. The monoisotopic (exact) mass is 311 g/mol. The molecule has 2 aromatic rings. The molecule has 0 radical (unpaired) electrons. The van der Waals surface area contributed by atoms with Crippen molar-refractivity contribution in [2.75, 3.05) is 6.54 Å². The summed E-state index contributed by atoms with van der Waals surface area (Å²) in [5.74, 6) is 0.0657. The van der Waals surface area contributed by atoms with Crippen molar-refractivity contribution in [3.8, 4) is 5.69 Å². The molecule has 1 amide bonds. The van der Waals surface area contributed by atoms with Crippen LogP contribution >= 0.6 is 0 Å². The Kier molecular flexibility index (Phi) is 4.88. The molecule has 2 unspecified atom stereocenters. The molecule has 0 spiro atoms. The second-order valence-electron chi connectivity index (χ2n) is 5.78. The molecular weight excluding hydrogens is 290 g/mol. The highest BCUT2D eigenvalue weighted by atomic mass is 16.3. The second kappa shape index (κ2) is 7.24. The van der Waals surface area contributed by atoms with Gasteiger partial charge in [-0.15, -0.1) is 0 Å². The Labute approximate surface area is 135 Å². The van der Waals surface area contributed by atoms with Gasteiger partial charge in [0.15, 0.2) is 0 Å². The van der Waals surface area contributed by atoms with E-state index in [0.717, 1.165) is 30.5 Å². The Morgan fingerprint density at radius 1 is 1.35 bits per heavy atom. The van der Waals surface area contributed by atoms with Crippen molar-refractivity contribution in [1.82, 2.24) is 15.1 Å². The lowest BCUT2D eigenvalue weighted by molar-refractivity contribution is -0.125. The molecule has 1 aromatic carbocycles.